The number of hydrogen-bond acceptors (Lipinski definition) is 0. The van der Waals surface area contributed by atoms with E-state index in [1.165, 1.54) is 37.4 Å². The first-order valence-electron chi connectivity index (χ1n) is 4.50. The van der Waals surface area contributed by atoms with E-state index in [0.29, 0.717) is 0 Å². The Morgan fingerprint density at radius 2 is 1.70 bits per heavy atom. The summed E-state index contributed by atoms with van der Waals surface area (Å²) in [7, 11) is 6.35. The van der Waals surface area contributed by atoms with E-state index >= 15 is 0 Å². The van der Waals surface area contributed by atoms with Crippen molar-refractivity contribution in [3.8, 4) is 0 Å². The largest absolute Gasteiger partial charge is 0.402 e. The molecule has 56 valence electrons. The van der Waals surface area contributed by atoms with Gasteiger partial charge in [-0.05, 0) is 5.92 Å². The van der Waals surface area contributed by atoms with E-state index in [1.54, 1.807) is 0 Å². The molecule has 0 N–H and O–H groups in total. The Kier molecular flexibility index (Phi) is 2.28. The third-order valence-electron chi connectivity index (χ3n) is 3.25. The van der Waals surface area contributed by atoms with Crippen LogP contribution in [-0.2, 0) is 0 Å². The van der Waals surface area contributed by atoms with Crippen LogP contribution in [0.25, 0.3) is 0 Å². The number of hydrogen-bond donors (Lipinski definition) is 0. The van der Waals surface area contributed by atoms with E-state index in [4.69, 9.17) is 10.0 Å². The van der Waals surface area contributed by atoms with Crippen LogP contribution >= 0.6 is 10.0 Å². The first kappa shape index (κ1) is 7.47. The maximum Gasteiger partial charge on any atom is 0.402 e. The highest BCUT2D eigenvalue weighted by atomic mass is 35.6. The molecule has 1 saturated carbocycles. The van der Waals surface area contributed by atoms with Crippen LogP contribution < -0.4 is 0 Å². The van der Waals surface area contributed by atoms with Crippen molar-refractivity contribution in [2.75, 3.05) is 0 Å². The van der Waals surface area contributed by atoms with Gasteiger partial charge in [-0.15, -0.1) is 0 Å². The van der Waals surface area contributed by atoms with Crippen LogP contribution in [0.2, 0.25) is 10.1 Å². The molecule has 0 amide bonds. The normalized spacial score (nSPS) is 39.9. The first-order valence-corrected chi connectivity index (χ1v) is 7.73. The fourth-order valence-electron chi connectivity index (χ4n) is 2.47. The second-order valence-electron chi connectivity index (χ2n) is 3.87. The topological polar surface area (TPSA) is 0 Å². The lowest BCUT2D eigenvalue weighted by atomic mass is 9.87. The Hall–Kier alpha value is 0.822. The molecule has 0 nitrogen and oxygen atoms in total. The molecule has 3 aliphatic rings. The number of halogens is 1. The average molecular weight is 173 g/mol. The summed E-state index contributed by atoms with van der Waals surface area (Å²) in [6.07, 6.45) is 7.43. The second kappa shape index (κ2) is 3.05. The van der Waals surface area contributed by atoms with Crippen molar-refractivity contribution in [2.45, 2.75) is 42.2 Å². The standard InChI is InChI=1S/C8H14.Al.ClH/c1-2-8-6-4-3-5-7-8;;/h3,8H,1-2,4-7H2;;1H/q;+1;/p-1. The van der Waals surface area contributed by atoms with Crippen molar-refractivity contribution >= 4 is 23.3 Å². The van der Waals surface area contributed by atoms with Crippen LogP contribution in [0.1, 0.15) is 32.1 Å². The average Bonchev–Trinajstić information content (AvgIpc) is 2.24. The van der Waals surface area contributed by atoms with Crippen LogP contribution in [-0.4, -0.2) is 13.2 Å². The van der Waals surface area contributed by atoms with Crippen molar-refractivity contribution in [2.24, 2.45) is 5.92 Å². The van der Waals surface area contributed by atoms with Crippen molar-refractivity contribution in [1.29, 1.82) is 0 Å². The van der Waals surface area contributed by atoms with E-state index in [1.807, 2.05) is 0 Å². The molecule has 2 aliphatic heterocycles. The molecule has 1 aliphatic carbocycles. The second-order valence-corrected chi connectivity index (χ2v) is 8.11. The van der Waals surface area contributed by atoms with Gasteiger partial charge < -0.3 is 0 Å². The van der Waals surface area contributed by atoms with Crippen LogP contribution in [0.15, 0.2) is 0 Å². The quantitative estimate of drug-likeness (QED) is 0.493. The van der Waals surface area contributed by atoms with E-state index in [2.05, 4.69) is 0 Å². The molecule has 0 atom stereocenters. The molecular weight excluding hydrogens is 159 g/mol. The maximum absolute atomic E-state index is 6.35. The van der Waals surface area contributed by atoms with Gasteiger partial charge >= 0.3 is 13.2 Å². The molecule has 0 aromatic rings. The molecule has 2 heteroatoms. The number of rotatable bonds is 0. The maximum atomic E-state index is 6.35. The smallest absolute Gasteiger partial charge is 0.261 e. The molecule has 2 heterocycles. The van der Waals surface area contributed by atoms with Gasteiger partial charge in [0.1, 0.15) is 0 Å². The molecule has 0 aromatic heterocycles. The summed E-state index contributed by atoms with van der Waals surface area (Å²) < 4.78 is 1.01. The third-order valence-corrected chi connectivity index (χ3v) is 7.55. The van der Waals surface area contributed by atoms with Gasteiger partial charge in [-0.2, -0.15) is 0 Å². The first-order chi connectivity index (χ1) is 4.86. The molecule has 0 spiro atoms. The predicted molar refractivity (Wildman–Crippen MR) is 46.7 cm³/mol. The lowest BCUT2D eigenvalue weighted by Gasteiger charge is -2.23. The molecule has 2 saturated heterocycles. The summed E-state index contributed by atoms with van der Waals surface area (Å²) in [5, 5.41) is 1.43. The molecule has 3 fully saturated rings. The van der Waals surface area contributed by atoms with Crippen LogP contribution in [0.4, 0.5) is 0 Å². The minimum atomic E-state index is -0.741. The Bertz CT molecular complexity index is 118. The van der Waals surface area contributed by atoms with Crippen molar-refractivity contribution in [3.63, 3.8) is 0 Å². The molecule has 3 rings (SSSR count). The van der Waals surface area contributed by atoms with E-state index in [-0.39, 0.29) is 0 Å². The zero-order chi connectivity index (χ0) is 6.97. The fourth-order valence-corrected chi connectivity index (χ4v) is 5.97. The van der Waals surface area contributed by atoms with Crippen LogP contribution in [0.5, 0.6) is 0 Å². The Morgan fingerprint density at radius 3 is 2.40 bits per heavy atom. The highest BCUT2D eigenvalue weighted by Gasteiger charge is 2.35. The lowest BCUT2D eigenvalue weighted by molar-refractivity contribution is 0.364. The van der Waals surface area contributed by atoms with Gasteiger partial charge in [-0.1, -0.05) is 42.2 Å². The molecule has 0 unspecified atom stereocenters. The zero-order valence-corrected chi connectivity index (χ0v) is 8.26. The fraction of sp³-hybridized carbons (Fsp3) is 1.00. The monoisotopic (exact) mass is 172 g/mol. The van der Waals surface area contributed by atoms with Crippen molar-refractivity contribution in [3.05, 3.63) is 0 Å². The van der Waals surface area contributed by atoms with Gasteiger partial charge in [0.25, 0.3) is 0 Å². The van der Waals surface area contributed by atoms with Gasteiger partial charge in [0.15, 0.2) is 0 Å². The van der Waals surface area contributed by atoms with Gasteiger partial charge in [-0.3, -0.25) is 10.0 Å². The molecule has 2 bridgehead atoms. The summed E-state index contributed by atoms with van der Waals surface area (Å²) in [5.74, 6) is 1.08. The summed E-state index contributed by atoms with van der Waals surface area (Å²) in [6, 6.07) is 0. The van der Waals surface area contributed by atoms with Gasteiger partial charge in [0.05, 0.1) is 0 Å². The molecular formula is C8H14AlCl. The SMILES string of the molecule is [Cl][Al]1[CH2]CC2CC[CH]1CC2. The summed E-state index contributed by atoms with van der Waals surface area (Å²) in [4.78, 5) is 0. The molecule has 0 aromatic carbocycles. The molecule has 0 radical (unpaired) electrons. The lowest BCUT2D eigenvalue weighted by Crippen LogP contribution is -2.13. The van der Waals surface area contributed by atoms with E-state index < -0.39 is 13.2 Å². The van der Waals surface area contributed by atoms with Crippen molar-refractivity contribution in [1.82, 2.24) is 0 Å². The highest BCUT2D eigenvalue weighted by Crippen LogP contribution is 2.43. The van der Waals surface area contributed by atoms with Crippen LogP contribution in [0, 0.1) is 5.92 Å². The van der Waals surface area contributed by atoms with Crippen molar-refractivity contribution < 1.29 is 0 Å². The molecule has 10 heavy (non-hydrogen) atoms. The summed E-state index contributed by atoms with van der Waals surface area (Å²) >= 11 is -0.741. The van der Waals surface area contributed by atoms with Gasteiger partial charge in [0, 0.05) is 0 Å². The highest BCUT2D eigenvalue weighted by molar-refractivity contribution is 7.07. The Morgan fingerprint density at radius 1 is 1.00 bits per heavy atom. The minimum absolute atomic E-state index is 0.741. The number of fused-ring (bicyclic) bond motifs is 4. The Labute approximate surface area is 71.5 Å². The Balaban J connectivity index is 2.07. The van der Waals surface area contributed by atoms with Gasteiger partial charge in [0.2, 0.25) is 0 Å². The zero-order valence-electron chi connectivity index (χ0n) is 6.35. The minimum Gasteiger partial charge on any atom is -0.261 e. The summed E-state index contributed by atoms with van der Waals surface area (Å²) in [5.41, 5.74) is 0. The summed E-state index contributed by atoms with van der Waals surface area (Å²) in [6.45, 7) is 0. The predicted octanol–water partition coefficient (Wildman–Crippen LogP) is 3.18. The van der Waals surface area contributed by atoms with E-state index in [0.717, 1.165) is 10.7 Å². The third kappa shape index (κ3) is 1.37. The van der Waals surface area contributed by atoms with E-state index in [9.17, 15) is 0 Å². The van der Waals surface area contributed by atoms with Gasteiger partial charge in [-0.25, -0.2) is 0 Å². The van der Waals surface area contributed by atoms with Crippen LogP contribution in [0.3, 0.4) is 0 Å².